The topological polar surface area (TPSA) is 62.1 Å². The first-order valence-corrected chi connectivity index (χ1v) is 5.96. The van der Waals surface area contributed by atoms with Gasteiger partial charge in [0.2, 0.25) is 0 Å². The number of benzene rings is 2. The van der Waals surface area contributed by atoms with Crippen molar-refractivity contribution in [3.8, 4) is 11.8 Å². The molecule has 0 aliphatic heterocycles. The molecule has 2 aromatic carbocycles. The van der Waals surface area contributed by atoms with Crippen LogP contribution in [0.2, 0.25) is 0 Å². The Labute approximate surface area is 119 Å². The van der Waals surface area contributed by atoms with Gasteiger partial charge in [0.1, 0.15) is 23.5 Å². The number of carbonyl (C=O) groups excluding carboxylic acids is 1. The van der Waals surface area contributed by atoms with Gasteiger partial charge in [0, 0.05) is 5.69 Å². The summed E-state index contributed by atoms with van der Waals surface area (Å²) in [5.74, 6) is -1.78. The van der Waals surface area contributed by atoms with Gasteiger partial charge in [-0.25, -0.2) is 8.78 Å². The molecule has 0 radical (unpaired) electrons. The Morgan fingerprint density at radius 3 is 2.57 bits per heavy atom. The van der Waals surface area contributed by atoms with Gasteiger partial charge in [-0.2, -0.15) is 5.26 Å². The summed E-state index contributed by atoms with van der Waals surface area (Å²) < 4.78 is 31.5. The van der Waals surface area contributed by atoms with Crippen molar-refractivity contribution in [3.05, 3.63) is 59.7 Å². The van der Waals surface area contributed by atoms with Crippen molar-refractivity contribution in [2.75, 3.05) is 11.9 Å². The molecule has 0 aliphatic carbocycles. The minimum absolute atomic E-state index is 0.0831. The summed E-state index contributed by atoms with van der Waals surface area (Å²) in [6.07, 6.45) is 0. The smallest absolute Gasteiger partial charge is 0.258 e. The van der Waals surface area contributed by atoms with Crippen molar-refractivity contribution in [3.63, 3.8) is 0 Å². The monoisotopic (exact) mass is 288 g/mol. The molecule has 0 aromatic heterocycles. The van der Waals surface area contributed by atoms with Crippen molar-refractivity contribution in [1.29, 1.82) is 5.26 Å². The van der Waals surface area contributed by atoms with E-state index in [2.05, 4.69) is 5.32 Å². The number of carbonyl (C=O) groups is 1. The maximum absolute atomic E-state index is 13.4. The summed E-state index contributed by atoms with van der Waals surface area (Å²) in [5, 5.41) is 10.8. The van der Waals surface area contributed by atoms with Crippen LogP contribution < -0.4 is 10.1 Å². The van der Waals surface area contributed by atoms with E-state index >= 15 is 0 Å². The maximum Gasteiger partial charge on any atom is 0.258 e. The minimum Gasteiger partial charge on any atom is -0.479 e. The summed E-state index contributed by atoms with van der Waals surface area (Å²) in [6, 6.07) is 10.6. The molecule has 0 heterocycles. The fourth-order valence-electron chi connectivity index (χ4n) is 1.62. The second kappa shape index (κ2) is 6.48. The van der Waals surface area contributed by atoms with Gasteiger partial charge in [-0.1, -0.05) is 0 Å². The molecule has 21 heavy (non-hydrogen) atoms. The molecule has 0 atom stereocenters. The summed E-state index contributed by atoms with van der Waals surface area (Å²) in [4.78, 5) is 11.9. The summed E-state index contributed by atoms with van der Waals surface area (Å²) >= 11 is 0. The summed E-state index contributed by atoms with van der Waals surface area (Å²) in [7, 11) is 0. The first kappa shape index (κ1) is 14.5. The quantitative estimate of drug-likeness (QED) is 0.940. The Balaban J connectivity index is 2.09. The highest BCUT2D eigenvalue weighted by molar-refractivity contribution is 6.04. The Bertz CT molecular complexity index is 694. The van der Waals surface area contributed by atoms with Gasteiger partial charge in [0.15, 0.2) is 6.61 Å². The van der Waals surface area contributed by atoms with E-state index in [-0.39, 0.29) is 12.2 Å². The molecular weight excluding hydrogens is 278 g/mol. The third-order valence-electron chi connectivity index (χ3n) is 2.59. The van der Waals surface area contributed by atoms with Gasteiger partial charge < -0.3 is 10.1 Å². The lowest BCUT2D eigenvalue weighted by atomic mass is 10.2. The highest BCUT2D eigenvalue weighted by atomic mass is 19.1. The normalized spacial score (nSPS) is 9.76. The van der Waals surface area contributed by atoms with Gasteiger partial charge in [-0.3, -0.25) is 4.79 Å². The molecular formula is C15H10F2N2O2. The zero-order chi connectivity index (χ0) is 15.2. The van der Waals surface area contributed by atoms with Crippen LogP contribution in [0.1, 0.15) is 10.4 Å². The second-order valence-corrected chi connectivity index (χ2v) is 4.05. The van der Waals surface area contributed by atoms with Crippen molar-refractivity contribution in [2.24, 2.45) is 0 Å². The van der Waals surface area contributed by atoms with E-state index in [0.29, 0.717) is 11.4 Å². The van der Waals surface area contributed by atoms with E-state index in [9.17, 15) is 13.6 Å². The van der Waals surface area contributed by atoms with Crippen LogP contribution in [-0.2, 0) is 0 Å². The highest BCUT2D eigenvalue weighted by Gasteiger charge is 2.13. The van der Waals surface area contributed by atoms with Crippen LogP contribution in [0.25, 0.3) is 0 Å². The zero-order valence-corrected chi connectivity index (χ0v) is 10.8. The van der Waals surface area contributed by atoms with E-state index in [1.54, 1.807) is 12.1 Å². The Morgan fingerprint density at radius 1 is 1.19 bits per heavy atom. The summed E-state index contributed by atoms with van der Waals surface area (Å²) in [5.41, 5.74) is 0.0211. The molecule has 0 saturated heterocycles. The summed E-state index contributed by atoms with van der Waals surface area (Å²) in [6.45, 7) is -0.0831. The molecule has 6 heteroatoms. The van der Waals surface area contributed by atoms with Crippen molar-refractivity contribution >= 4 is 11.6 Å². The fourth-order valence-corrected chi connectivity index (χ4v) is 1.62. The second-order valence-electron chi connectivity index (χ2n) is 4.05. The molecule has 0 bridgehead atoms. The number of amides is 1. The molecule has 1 amide bonds. The van der Waals surface area contributed by atoms with Crippen LogP contribution in [0.4, 0.5) is 14.5 Å². The number of hydrogen-bond donors (Lipinski definition) is 1. The van der Waals surface area contributed by atoms with Gasteiger partial charge >= 0.3 is 0 Å². The van der Waals surface area contributed by atoms with Crippen LogP contribution in [0.5, 0.6) is 5.75 Å². The number of nitrogens with one attached hydrogen (secondary N) is 1. The molecule has 0 aliphatic rings. The molecule has 2 aromatic rings. The van der Waals surface area contributed by atoms with Crippen LogP contribution in [0.3, 0.4) is 0 Å². The van der Waals surface area contributed by atoms with Gasteiger partial charge in [0.25, 0.3) is 5.91 Å². The minimum atomic E-state index is -0.803. The number of anilines is 1. The van der Waals surface area contributed by atoms with Gasteiger partial charge in [-0.15, -0.1) is 0 Å². The third-order valence-corrected chi connectivity index (χ3v) is 2.59. The maximum atomic E-state index is 13.4. The number of rotatable bonds is 4. The Hall–Kier alpha value is -2.94. The molecule has 4 nitrogen and oxygen atoms in total. The largest absolute Gasteiger partial charge is 0.479 e. The predicted molar refractivity (Wildman–Crippen MR) is 71.9 cm³/mol. The number of halogens is 2. The van der Waals surface area contributed by atoms with Crippen molar-refractivity contribution in [1.82, 2.24) is 0 Å². The van der Waals surface area contributed by atoms with Gasteiger partial charge in [-0.05, 0) is 42.5 Å². The molecule has 0 fully saturated rings. The molecule has 1 N–H and O–H groups in total. The van der Waals surface area contributed by atoms with E-state index in [1.165, 1.54) is 12.1 Å². The average Bonchev–Trinajstić information content (AvgIpc) is 2.49. The number of nitriles is 1. The third kappa shape index (κ3) is 3.76. The van der Waals surface area contributed by atoms with Crippen molar-refractivity contribution < 1.29 is 18.3 Å². The lowest BCUT2D eigenvalue weighted by Gasteiger charge is -2.07. The highest BCUT2D eigenvalue weighted by Crippen LogP contribution is 2.17. The lowest BCUT2D eigenvalue weighted by molar-refractivity contribution is 0.102. The number of nitrogens with zero attached hydrogens (tertiary/aromatic N) is 1. The first-order valence-electron chi connectivity index (χ1n) is 5.96. The Morgan fingerprint density at radius 2 is 1.90 bits per heavy atom. The molecule has 2 rings (SSSR count). The molecule has 0 saturated carbocycles. The van der Waals surface area contributed by atoms with Crippen LogP contribution in [0.15, 0.2) is 42.5 Å². The number of ether oxygens (including phenoxy) is 1. The standard InChI is InChI=1S/C15H10F2N2O2/c16-10-1-6-14(17)13(9-10)15(20)19-11-2-4-12(5-3-11)21-8-7-18/h1-6,9H,8H2,(H,19,20). The zero-order valence-electron chi connectivity index (χ0n) is 10.8. The molecule has 0 unspecified atom stereocenters. The van der Waals surface area contributed by atoms with Gasteiger partial charge in [0.05, 0.1) is 5.56 Å². The van der Waals surface area contributed by atoms with Crippen LogP contribution >= 0.6 is 0 Å². The van der Waals surface area contributed by atoms with E-state index in [1.807, 2.05) is 6.07 Å². The fraction of sp³-hybridized carbons (Fsp3) is 0.0667. The lowest BCUT2D eigenvalue weighted by Crippen LogP contribution is -2.14. The van der Waals surface area contributed by atoms with Crippen LogP contribution in [-0.4, -0.2) is 12.5 Å². The van der Waals surface area contributed by atoms with Crippen molar-refractivity contribution in [2.45, 2.75) is 0 Å². The Kier molecular flexibility index (Phi) is 4.46. The molecule has 106 valence electrons. The van der Waals surface area contributed by atoms with E-state index in [4.69, 9.17) is 10.00 Å². The first-order chi connectivity index (χ1) is 10.1. The predicted octanol–water partition coefficient (Wildman–Crippen LogP) is 3.12. The van der Waals surface area contributed by atoms with E-state index in [0.717, 1.165) is 18.2 Å². The van der Waals surface area contributed by atoms with E-state index < -0.39 is 17.5 Å². The van der Waals surface area contributed by atoms with Crippen LogP contribution in [0, 0.1) is 23.0 Å². The number of hydrogen-bond acceptors (Lipinski definition) is 3. The SMILES string of the molecule is N#CCOc1ccc(NC(=O)c2cc(F)ccc2F)cc1. The average molecular weight is 288 g/mol. The molecule has 0 spiro atoms.